The van der Waals surface area contributed by atoms with Gasteiger partial charge in [0.1, 0.15) is 0 Å². The van der Waals surface area contributed by atoms with E-state index in [0.717, 1.165) is 5.56 Å². The molecule has 0 saturated heterocycles. The van der Waals surface area contributed by atoms with Gasteiger partial charge in [-0.2, -0.15) is 0 Å². The molecule has 3 rings (SSSR count). The second kappa shape index (κ2) is 5.83. The van der Waals surface area contributed by atoms with Gasteiger partial charge in [-0.25, -0.2) is 13.2 Å². The number of oxazole rings is 1. The van der Waals surface area contributed by atoms with E-state index in [1.54, 1.807) is 25.1 Å². The van der Waals surface area contributed by atoms with Crippen LogP contribution in [0.4, 0.5) is 5.69 Å². The van der Waals surface area contributed by atoms with Crippen molar-refractivity contribution in [1.82, 2.24) is 4.57 Å². The van der Waals surface area contributed by atoms with Crippen molar-refractivity contribution in [2.24, 2.45) is 0 Å². The molecular formula is C17H18N2O4S. The van der Waals surface area contributed by atoms with Crippen molar-refractivity contribution in [2.75, 3.05) is 4.72 Å². The van der Waals surface area contributed by atoms with Crippen LogP contribution in [0.3, 0.4) is 0 Å². The van der Waals surface area contributed by atoms with Crippen LogP contribution in [0, 0.1) is 13.8 Å². The van der Waals surface area contributed by atoms with E-state index in [1.807, 2.05) is 26.0 Å². The molecule has 0 radical (unpaired) electrons. The van der Waals surface area contributed by atoms with Gasteiger partial charge >= 0.3 is 5.76 Å². The van der Waals surface area contributed by atoms with E-state index in [4.69, 9.17) is 4.42 Å². The third kappa shape index (κ3) is 2.82. The van der Waals surface area contributed by atoms with Gasteiger partial charge in [-0.1, -0.05) is 17.7 Å². The van der Waals surface area contributed by atoms with Gasteiger partial charge in [0.25, 0.3) is 10.0 Å². The van der Waals surface area contributed by atoms with Gasteiger partial charge in [0.05, 0.1) is 10.4 Å². The maximum absolute atomic E-state index is 12.7. The number of nitrogens with one attached hydrogen (secondary N) is 1. The molecule has 126 valence electrons. The maximum Gasteiger partial charge on any atom is 0.419 e. The van der Waals surface area contributed by atoms with Crippen LogP contribution in [0.2, 0.25) is 0 Å². The normalized spacial score (nSPS) is 11.8. The number of anilines is 1. The van der Waals surface area contributed by atoms with Gasteiger partial charge in [0.2, 0.25) is 0 Å². The van der Waals surface area contributed by atoms with Crippen molar-refractivity contribution < 1.29 is 12.8 Å². The Bertz CT molecular complexity index is 1060. The first-order valence-electron chi connectivity index (χ1n) is 7.55. The molecule has 0 aliphatic rings. The highest BCUT2D eigenvalue weighted by atomic mass is 32.2. The number of sulfonamides is 1. The number of rotatable bonds is 4. The van der Waals surface area contributed by atoms with Crippen LogP contribution in [0.5, 0.6) is 0 Å². The molecule has 3 aromatic rings. The Balaban J connectivity index is 2.09. The highest BCUT2D eigenvalue weighted by molar-refractivity contribution is 7.92. The molecule has 0 fully saturated rings. The minimum Gasteiger partial charge on any atom is -0.408 e. The molecule has 0 bridgehead atoms. The van der Waals surface area contributed by atoms with Gasteiger partial charge in [0.15, 0.2) is 5.58 Å². The van der Waals surface area contributed by atoms with Crippen molar-refractivity contribution >= 4 is 26.8 Å². The molecule has 0 saturated carbocycles. The fourth-order valence-electron chi connectivity index (χ4n) is 2.62. The lowest BCUT2D eigenvalue weighted by atomic mass is 10.2. The summed E-state index contributed by atoms with van der Waals surface area (Å²) in [5.74, 6) is -0.493. The standard InChI is InChI=1S/C17H18N2O4S/c1-4-19-14-9-12(3)16(10-15(14)23-17(19)20)24(21,22)18-13-7-5-11(2)6-8-13/h5-10,18H,4H2,1-3H3. The number of fused-ring (bicyclic) bond motifs is 1. The number of aryl methyl sites for hydroxylation is 3. The maximum atomic E-state index is 12.7. The Morgan fingerprint density at radius 1 is 1.12 bits per heavy atom. The molecule has 0 aliphatic heterocycles. The summed E-state index contributed by atoms with van der Waals surface area (Å²) >= 11 is 0. The Labute approximate surface area is 139 Å². The van der Waals surface area contributed by atoms with Crippen LogP contribution >= 0.6 is 0 Å². The Hall–Kier alpha value is -2.54. The summed E-state index contributed by atoms with van der Waals surface area (Å²) in [6.07, 6.45) is 0. The van der Waals surface area contributed by atoms with Crippen LogP contribution in [0.1, 0.15) is 18.1 Å². The molecule has 0 amide bonds. The fourth-order valence-corrected chi connectivity index (χ4v) is 3.92. The summed E-state index contributed by atoms with van der Waals surface area (Å²) in [4.78, 5) is 11.9. The van der Waals surface area contributed by atoms with E-state index in [9.17, 15) is 13.2 Å². The Kier molecular flexibility index (Phi) is 3.96. The number of nitrogens with zero attached hydrogens (tertiary/aromatic N) is 1. The van der Waals surface area contributed by atoms with Crippen LogP contribution in [-0.4, -0.2) is 13.0 Å². The molecule has 0 aliphatic carbocycles. The summed E-state index contributed by atoms with van der Waals surface area (Å²) in [5.41, 5.74) is 2.92. The Morgan fingerprint density at radius 2 is 1.79 bits per heavy atom. The summed E-state index contributed by atoms with van der Waals surface area (Å²) in [5, 5.41) is 0. The first kappa shape index (κ1) is 16.3. The predicted molar refractivity (Wildman–Crippen MR) is 92.9 cm³/mol. The minimum absolute atomic E-state index is 0.0904. The molecular weight excluding hydrogens is 328 g/mol. The highest BCUT2D eigenvalue weighted by Gasteiger charge is 2.20. The van der Waals surface area contributed by atoms with E-state index >= 15 is 0 Å². The van der Waals surface area contributed by atoms with Crippen molar-refractivity contribution in [3.63, 3.8) is 0 Å². The first-order chi connectivity index (χ1) is 11.3. The molecule has 1 heterocycles. The number of aromatic nitrogens is 1. The molecule has 24 heavy (non-hydrogen) atoms. The third-order valence-electron chi connectivity index (χ3n) is 3.87. The van der Waals surface area contributed by atoms with E-state index < -0.39 is 15.8 Å². The molecule has 1 aromatic heterocycles. The monoisotopic (exact) mass is 346 g/mol. The zero-order valence-electron chi connectivity index (χ0n) is 13.7. The summed E-state index contributed by atoms with van der Waals surface area (Å²) in [6.45, 7) is 5.91. The Morgan fingerprint density at radius 3 is 2.42 bits per heavy atom. The second-order valence-corrected chi connectivity index (χ2v) is 7.32. The van der Waals surface area contributed by atoms with Gasteiger partial charge in [-0.3, -0.25) is 9.29 Å². The number of hydrogen-bond acceptors (Lipinski definition) is 4. The molecule has 1 N–H and O–H groups in total. The van der Waals surface area contributed by atoms with Crippen LogP contribution in [-0.2, 0) is 16.6 Å². The molecule has 0 atom stereocenters. The fraction of sp³-hybridized carbons (Fsp3) is 0.235. The molecule has 0 unspecified atom stereocenters. The zero-order chi connectivity index (χ0) is 17.5. The van der Waals surface area contributed by atoms with Gasteiger partial charge in [-0.05, 0) is 44.5 Å². The smallest absolute Gasteiger partial charge is 0.408 e. The summed E-state index contributed by atoms with van der Waals surface area (Å²) in [6, 6.07) is 10.1. The van der Waals surface area contributed by atoms with Crippen molar-refractivity contribution in [1.29, 1.82) is 0 Å². The zero-order valence-corrected chi connectivity index (χ0v) is 14.5. The lowest BCUT2D eigenvalue weighted by molar-refractivity contribution is 0.512. The number of benzene rings is 2. The lowest BCUT2D eigenvalue weighted by Gasteiger charge is -2.11. The van der Waals surface area contributed by atoms with Crippen LogP contribution in [0.25, 0.3) is 11.1 Å². The lowest BCUT2D eigenvalue weighted by Crippen LogP contribution is -2.14. The van der Waals surface area contributed by atoms with Crippen LogP contribution in [0.15, 0.2) is 50.5 Å². The van der Waals surface area contributed by atoms with Crippen molar-refractivity contribution in [2.45, 2.75) is 32.2 Å². The molecule has 6 nitrogen and oxygen atoms in total. The predicted octanol–water partition coefficient (Wildman–Crippen LogP) is 3.03. The quantitative estimate of drug-likeness (QED) is 0.787. The summed E-state index contributed by atoms with van der Waals surface area (Å²) in [7, 11) is -3.78. The minimum atomic E-state index is -3.78. The van der Waals surface area contributed by atoms with E-state index in [-0.39, 0.29) is 10.5 Å². The average Bonchev–Trinajstić information content (AvgIpc) is 2.82. The van der Waals surface area contributed by atoms with E-state index in [1.165, 1.54) is 10.6 Å². The molecule has 7 heteroatoms. The number of hydrogen-bond donors (Lipinski definition) is 1. The first-order valence-corrected chi connectivity index (χ1v) is 9.03. The second-order valence-electron chi connectivity index (χ2n) is 5.67. The van der Waals surface area contributed by atoms with E-state index in [0.29, 0.717) is 23.3 Å². The molecule has 0 spiro atoms. The largest absolute Gasteiger partial charge is 0.419 e. The summed E-state index contributed by atoms with van der Waals surface area (Å²) < 4.78 is 34.5. The van der Waals surface area contributed by atoms with Gasteiger partial charge < -0.3 is 4.42 Å². The average molecular weight is 346 g/mol. The van der Waals surface area contributed by atoms with Gasteiger partial charge in [-0.15, -0.1) is 0 Å². The van der Waals surface area contributed by atoms with Crippen molar-refractivity contribution in [3.05, 3.63) is 58.1 Å². The molecule has 2 aromatic carbocycles. The topological polar surface area (TPSA) is 81.3 Å². The van der Waals surface area contributed by atoms with E-state index in [2.05, 4.69) is 4.72 Å². The SMILES string of the molecule is CCn1c(=O)oc2cc(S(=O)(=O)Nc3ccc(C)cc3)c(C)cc21. The third-order valence-corrected chi connectivity index (χ3v) is 5.40. The van der Waals surface area contributed by atoms with Crippen molar-refractivity contribution in [3.8, 4) is 0 Å². The van der Waals surface area contributed by atoms with Gasteiger partial charge in [0, 0.05) is 18.3 Å². The highest BCUT2D eigenvalue weighted by Crippen LogP contribution is 2.25. The van der Waals surface area contributed by atoms with Crippen LogP contribution < -0.4 is 10.5 Å².